The third-order valence-electron chi connectivity index (χ3n) is 3.75. The predicted molar refractivity (Wildman–Crippen MR) is 89.9 cm³/mol. The van der Waals surface area contributed by atoms with E-state index in [2.05, 4.69) is 4.74 Å². The normalized spacial score (nSPS) is 10.6. The lowest BCUT2D eigenvalue weighted by molar-refractivity contribution is -0.140. The van der Waals surface area contributed by atoms with Gasteiger partial charge in [0.2, 0.25) is 0 Å². The number of amides is 1. The van der Waals surface area contributed by atoms with E-state index in [0.717, 1.165) is 12.8 Å². The smallest absolute Gasteiger partial charge is 0.349 e. The van der Waals surface area contributed by atoms with Crippen molar-refractivity contribution in [1.82, 2.24) is 4.90 Å². The lowest BCUT2D eigenvalue weighted by Gasteiger charge is -2.21. The summed E-state index contributed by atoms with van der Waals surface area (Å²) in [5.74, 6) is -0.818. The first-order valence-electron chi connectivity index (χ1n) is 7.95. The van der Waals surface area contributed by atoms with Crippen molar-refractivity contribution in [3.05, 3.63) is 46.3 Å². The van der Waals surface area contributed by atoms with E-state index in [1.807, 2.05) is 13.0 Å². The number of nitrogens with zero attached hydrogens (tertiary/aromatic N) is 1. The Morgan fingerprint density at radius 1 is 1.21 bits per heavy atom. The topological polar surface area (TPSA) is 76.8 Å². The van der Waals surface area contributed by atoms with Crippen molar-refractivity contribution < 1.29 is 18.7 Å². The molecule has 0 saturated heterocycles. The highest BCUT2D eigenvalue weighted by molar-refractivity contribution is 5.96. The number of carbonyl (C=O) groups is 2. The van der Waals surface area contributed by atoms with Gasteiger partial charge in [-0.05, 0) is 18.6 Å². The Morgan fingerprint density at radius 3 is 2.67 bits per heavy atom. The van der Waals surface area contributed by atoms with E-state index in [-0.39, 0.29) is 18.5 Å². The molecule has 0 aliphatic rings. The zero-order chi connectivity index (χ0) is 17.5. The van der Waals surface area contributed by atoms with Gasteiger partial charge >= 0.3 is 11.6 Å². The molecule has 0 fully saturated rings. The number of esters is 1. The predicted octanol–water partition coefficient (Wildman–Crippen LogP) is 2.60. The maximum Gasteiger partial charge on any atom is 0.349 e. The Hall–Kier alpha value is -2.63. The van der Waals surface area contributed by atoms with Crippen LogP contribution in [0, 0.1) is 0 Å². The highest BCUT2D eigenvalue weighted by Gasteiger charge is 2.21. The third kappa shape index (κ3) is 4.22. The maximum atomic E-state index is 12.7. The quantitative estimate of drug-likeness (QED) is 0.576. The molecule has 0 N–H and O–H groups in total. The number of benzene rings is 1. The minimum absolute atomic E-state index is 0.0188. The summed E-state index contributed by atoms with van der Waals surface area (Å²) in [6, 6.07) is 8.57. The average Bonchev–Trinajstić information content (AvgIpc) is 2.60. The number of hydrogen-bond acceptors (Lipinski definition) is 5. The standard InChI is InChI=1S/C18H21NO5/c1-3-4-10-19(11-9-16(20)23-2)17(21)14-12-13-7-5-6-8-15(13)24-18(14)22/h5-8,12H,3-4,9-11H2,1-2H3. The van der Waals surface area contributed by atoms with Gasteiger partial charge in [0, 0.05) is 18.5 Å². The van der Waals surface area contributed by atoms with Crippen LogP contribution in [0.2, 0.25) is 0 Å². The molecule has 0 bridgehead atoms. The van der Waals surface area contributed by atoms with Crippen molar-refractivity contribution in [3.63, 3.8) is 0 Å². The molecule has 0 saturated carbocycles. The molecule has 0 spiro atoms. The van der Waals surface area contributed by atoms with Crippen LogP contribution in [-0.4, -0.2) is 37.0 Å². The van der Waals surface area contributed by atoms with Gasteiger partial charge in [0.1, 0.15) is 11.1 Å². The Morgan fingerprint density at radius 2 is 1.96 bits per heavy atom. The second kappa shape index (κ2) is 8.29. The van der Waals surface area contributed by atoms with Gasteiger partial charge in [0.15, 0.2) is 0 Å². The van der Waals surface area contributed by atoms with Gasteiger partial charge in [0.05, 0.1) is 13.5 Å². The molecule has 0 aliphatic carbocycles. The number of para-hydroxylation sites is 1. The van der Waals surface area contributed by atoms with Gasteiger partial charge in [-0.2, -0.15) is 0 Å². The van der Waals surface area contributed by atoms with E-state index >= 15 is 0 Å². The molecule has 0 radical (unpaired) electrons. The Labute approximate surface area is 140 Å². The molecule has 1 amide bonds. The molecule has 1 aromatic carbocycles. The highest BCUT2D eigenvalue weighted by atomic mass is 16.5. The van der Waals surface area contributed by atoms with Crippen LogP contribution < -0.4 is 5.63 Å². The summed E-state index contributed by atoms with van der Waals surface area (Å²) in [5.41, 5.74) is -0.248. The van der Waals surface area contributed by atoms with Crippen LogP contribution in [0.5, 0.6) is 0 Å². The number of carbonyl (C=O) groups excluding carboxylic acids is 2. The molecule has 24 heavy (non-hydrogen) atoms. The van der Waals surface area contributed by atoms with Crippen molar-refractivity contribution >= 4 is 22.8 Å². The van der Waals surface area contributed by atoms with Crippen molar-refractivity contribution in [2.75, 3.05) is 20.2 Å². The highest BCUT2D eigenvalue weighted by Crippen LogP contribution is 2.14. The first-order valence-corrected chi connectivity index (χ1v) is 7.95. The van der Waals surface area contributed by atoms with Crippen LogP contribution in [0.3, 0.4) is 0 Å². The molecule has 0 aliphatic heterocycles. The van der Waals surface area contributed by atoms with Crippen molar-refractivity contribution in [2.24, 2.45) is 0 Å². The van der Waals surface area contributed by atoms with Crippen LogP contribution >= 0.6 is 0 Å². The van der Waals surface area contributed by atoms with Crippen LogP contribution in [0.15, 0.2) is 39.5 Å². The number of methoxy groups -OCH3 is 1. The maximum absolute atomic E-state index is 12.7. The van der Waals surface area contributed by atoms with Gasteiger partial charge in [0.25, 0.3) is 5.91 Å². The number of ether oxygens (including phenoxy) is 1. The number of unbranched alkanes of at least 4 members (excludes halogenated alkanes) is 1. The summed E-state index contributed by atoms with van der Waals surface area (Å²) < 4.78 is 9.84. The van der Waals surface area contributed by atoms with Gasteiger partial charge in [-0.15, -0.1) is 0 Å². The molecule has 2 aromatic rings. The van der Waals surface area contributed by atoms with Crippen LogP contribution in [0.4, 0.5) is 0 Å². The number of hydrogen-bond donors (Lipinski definition) is 0. The van der Waals surface area contributed by atoms with Crippen LogP contribution in [0.25, 0.3) is 11.0 Å². The summed E-state index contributed by atoms with van der Waals surface area (Å²) >= 11 is 0. The zero-order valence-electron chi connectivity index (χ0n) is 13.9. The first-order chi connectivity index (χ1) is 11.6. The SMILES string of the molecule is CCCCN(CCC(=O)OC)C(=O)c1cc2ccccc2oc1=O. The van der Waals surface area contributed by atoms with E-state index < -0.39 is 17.5 Å². The molecule has 6 heteroatoms. The van der Waals surface area contributed by atoms with Gasteiger partial charge in [-0.1, -0.05) is 31.5 Å². The Bertz CT molecular complexity index is 780. The number of fused-ring (bicyclic) bond motifs is 1. The van der Waals surface area contributed by atoms with E-state index in [1.54, 1.807) is 24.3 Å². The molecular formula is C18H21NO5. The van der Waals surface area contributed by atoms with E-state index in [4.69, 9.17) is 4.42 Å². The van der Waals surface area contributed by atoms with Gasteiger partial charge in [-0.25, -0.2) is 4.79 Å². The second-order valence-corrected chi connectivity index (χ2v) is 5.46. The van der Waals surface area contributed by atoms with Crippen LogP contribution in [0.1, 0.15) is 36.5 Å². The Balaban J connectivity index is 2.28. The third-order valence-corrected chi connectivity index (χ3v) is 3.75. The lowest BCUT2D eigenvalue weighted by atomic mass is 10.1. The summed E-state index contributed by atoms with van der Waals surface area (Å²) in [6.45, 7) is 2.68. The van der Waals surface area contributed by atoms with Crippen molar-refractivity contribution in [3.8, 4) is 0 Å². The molecule has 1 aromatic heterocycles. The van der Waals surface area contributed by atoms with Crippen molar-refractivity contribution in [2.45, 2.75) is 26.2 Å². The van der Waals surface area contributed by atoms with E-state index in [9.17, 15) is 14.4 Å². The number of rotatable bonds is 7. The Kier molecular flexibility index (Phi) is 6.12. The van der Waals surface area contributed by atoms with Crippen molar-refractivity contribution in [1.29, 1.82) is 0 Å². The average molecular weight is 331 g/mol. The fourth-order valence-corrected chi connectivity index (χ4v) is 2.37. The lowest BCUT2D eigenvalue weighted by Crippen LogP contribution is -2.36. The van der Waals surface area contributed by atoms with Gasteiger partial charge < -0.3 is 14.1 Å². The molecule has 6 nitrogen and oxygen atoms in total. The summed E-state index contributed by atoms with van der Waals surface area (Å²) in [4.78, 5) is 37.7. The molecule has 0 unspecified atom stereocenters. The molecule has 1 heterocycles. The molecule has 0 atom stereocenters. The van der Waals surface area contributed by atoms with Crippen LogP contribution in [-0.2, 0) is 9.53 Å². The van der Waals surface area contributed by atoms with E-state index in [0.29, 0.717) is 17.5 Å². The van der Waals surface area contributed by atoms with E-state index in [1.165, 1.54) is 12.0 Å². The minimum atomic E-state index is -0.668. The molecular weight excluding hydrogens is 310 g/mol. The fourth-order valence-electron chi connectivity index (χ4n) is 2.37. The second-order valence-electron chi connectivity index (χ2n) is 5.46. The monoisotopic (exact) mass is 331 g/mol. The first kappa shape index (κ1) is 17.7. The minimum Gasteiger partial charge on any atom is -0.469 e. The summed E-state index contributed by atoms with van der Waals surface area (Å²) in [5, 5.41) is 0.684. The zero-order valence-corrected chi connectivity index (χ0v) is 13.9. The fraction of sp³-hybridized carbons (Fsp3) is 0.389. The van der Waals surface area contributed by atoms with Gasteiger partial charge in [-0.3, -0.25) is 9.59 Å². The summed E-state index contributed by atoms with van der Waals surface area (Å²) in [6.07, 6.45) is 1.77. The summed E-state index contributed by atoms with van der Waals surface area (Å²) in [7, 11) is 1.30. The molecule has 2 rings (SSSR count). The molecule has 128 valence electrons. The largest absolute Gasteiger partial charge is 0.469 e.